The second kappa shape index (κ2) is 8.53. The van der Waals surface area contributed by atoms with E-state index in [1.165, 1.54) is 0 Å². The molecule has 3 atom stereocenters. The summed E-state index contributed by atoms with van der Waals surface area (Å²) in [4.78, 5) is 0. The number of hydrogen-bond acceptors (Lipinski definition) is 3. The van der Waals surface area contributed by atoms with Crippen LogP contribution in [0.2, 0.25) is 0 Å². The van der Waals surface area contributed by atoms with Gasteiger partial charge >= 0.3 is 0 Å². The van der Waals surface area contributed by atoms with Crippen LogP contribution in [0.25, 0.3) is 0 Å². The quantitative estimate of drug-likeness (QED) is 0.743. The maximum atomic E-state index is 8.83. The first kappa shape index (κ1) is 17.4. The number of aliphatic hydroxyl groups excluding tert-OH is 1. The highest BCUT2D eigenvalue weighted by molar-refractivity contribution is 5.09. The maximum Gasteiger partial charge on any atom is 0.118 e. The monoisotopic (exact) mass is 256 g/mol. The van der Waals surface area contributed by atoms with Crippen molar-refractivity contribution in [3.63, 3.8) is 0 Å². The molecule has 0 aliphatic carbocycles. The van der Waals surface area contributed by atoms with Crippen LogP contribution in [0.1, 0.15) is 54.4 Å². The fourth-order valence-electron chi connectivity index (χ4n) is 1.53. The summed E-state index contributed by atoms with van der Waals surface area (Å²) in [5.41, 5.74) is -0.180. The van der Waals surface area contributed by atoms with Crippen molar-refractivity contribution in [3.05, 3.63) is 0 Å². The molecular formula is C15H28O3. The molecule has 18 heavy (non-hydrogen) atoms. The molecule has 0 bridgehead atoms. The fraction of sp³-hybridized carbons (Fsp3) is 0.867. The van der Waals surface area contributed by atoms with E-state index in [-0.39, 0.29) is 30.5 Å². The first-order valence-corrected chi connectivity index (χ1v) is 6.73. The molecular weight excluding hydrogens is 228 g/mol. The highest BCUT2D eigenvalue weighted by atomic mass is 16.5. The largest absolute Gasteiger partial charge is 0.396 e. The zero-order valence-electron chi connectivity index (χ0n) is 12.6. The minimum absolute atomic E-state index is 0.0353. The SMILES string of the molecule is CCC(C#CC(C)OC(C)(C)C)OC(C)CCO. The van der Waals surface area contributed by atoms with E-state index < -0.39 is 0 Å². The Balaban J connectivity index is 4.27. The lowest BCUT2D eigenvalue weighted by molar-refractivity contribution is -0.0263. The molecule has 0 aromatic rings. The van der Waals surface area contributed by atoms with Crippen molar-refractivity contribution < 1.29 is 14.6 Å². The van der Waals surface area contributed by atoms with Gasteiger partial charge in [0.05, 0.1) is 11.7 Å². The second-order valence-corrected chi connectivity index (χ2v) is 5.52. The summed E-state index contributed by atoms with van der Waals surface area (Å²) in [7, 11) is 0. The van der Waals surface area contributed by atoms with Gasteiger partial charge in [-0.3, -0.25) is 0 Å². The maximum absolute atomic E-state index is 8.83. The van der Waals surface area contributed by atoms with E-state index in [2.05, 4.69) is 11.8 Å². The van der Waals surface area contributed by atoms with E-state index in [9.17, 15) is 0 Å². The van der Waals surface area contributed by atoms with Gasteiger partial charge in [-0.1, -0.05) is 18.8 Å². The lowest BCUT2D eigenvalue weighted by atomic mass is 10.2. The Bertz CT molecular complexity index is 270. The molecule has 0 heterocycles. The molecule has 0 spiro atoms. The van der Waals surface area contributed by atoms with Gasteiger partial charge in [0.1, 0.15) is 12.2 Å². The number of aliphatic hydroxyl groups is 1. The summed E-state index contributed by atoms with van der Waals surface area (Å²) in [5.74, 6) is 6.18. The molecule has 0 amide bonds. The minimum atomic E-state index is -0.180. The fourth-order valence-corrected chi connectivity index (χ4v) is 1.53. The predicted octanol–water partition coefficient (Wildman–Crippen LogP) is 2.76. The smallest absolute Gasteiger partial charge is 0.118 e. The van der Waals surface area contributed by atoms with Crippen LogP contribution < -0.4 is 0 Å². The lowest BCUT2D eigenvalue weighted by Crippen LogP contribution is -2.25. The first-order valence-electron chi connectivity index (χ1n) is 6.73. The molecule has 0 saturated carbocycles. The summed E-state index contributed by atoms with van der Waals surface area (Å²) in [5, 5.41) is 8.83. The molecule has 0 aromatic carbocycles. The molecule has 0 aromatic heterocycles. The average molecular weight is 256 g/mol. The Kier molecular flexibility index (Phi) is 8.26. The van der Waals surface area contributed by atoms with Crippen molar-refractivity contribution in [2.24, 2.45) is 0 Å². The zero-order chi connectivity index (χ0) is 14.2. The van der Waals surface area contributed by atoms with E-state index >= 15 is 0 Å². The molecule has 3 nitrogen and oxygen atoms in total. The summed E-state index contributed by atoms with van der Waals surface area (Å²) < 4.78 is 11.4. The van der Waals surface area contributed by atoms with Crippen molar-refractivity contribution in [1.82, 2.24) is 0 Å². The summed E-state index contributed by atoms with van der Waals surface area (Å²) in [6, 6.07) is 0. The van der Waals surface area contributed by atoms with Crippen LogP contribution in [0.4, 0.5) is 0 Å². The van der Waals surface area contributed by atoms with Gasteiger partial charge in [0.2, 0.25) is 0 Å². The third-order valence-corrected chi connectivity index (χ3v) is 2.28. The van der Waals surface area contributed by atoms with Crippen LogP contribution in [-0.2, 0) is 9.47 Å². The molecule has 0 fully saturated rings. The van der Waals surface area contributed by atoms with Gasteiger partial charge in [0, 0.05) is 6.61 Å². The molecule has 3 heteroatoms. The summed E-state index contributed by atoms with van der Waals surface area (Å²) in [6.07, 6.45) is 1.33. The predicted molar refractivity (Wildman–Crippen MR) is 74.4 cm³/mol. The molecule has 106 valence electrons. The van der Waals surface area contributed by atoms with Gasteiger partial charge in [-0.25, -0.2) is 0 Å². The van der Waals surface area contributed by atoms with E-state index in [0.717, 1.165) is 6.42 Å². The lowest BCUT2D eigenvalue weighted by Gasteiger charge is -2.22. The molecule has 0 aliphatic rings. The Morgan fingerprint density at radius 2 is 1.78 bits per heavy atom. The van der Waals surface area contributed by atoms with Gasteiger partial charge in [-0.2, -0.15) is 0 Å². The van der Waals surface area contributed by atoms with Crippen molar-refractivity contribution in [2.45, 2.75) is 78.3 Å². The van der Waals surface area contributed by atoms with Gasteiger partial charge in [-0.15, -0.1) is 0 Å². The summed E-state index contributed by atoms with van der Waals surface area (Å²) >= 11 is 0. The van der Waals surface area contributed by atoms with E-state index in [1.807, 2.05) is 41.5 Å². The van der Waals surface area contributed by atoms with E-state index in [4.69, 9.17) is 14.6 Å². The number of ether oxygens (including phenoxy) is 2. The van der Waals surface area contributed by atoms with E-state index in [1.54, 1.807) is 0 Å². The van der Waals surface area contributed by atoms with Crippen LogP contribution in [0.3, 0.4) is 0 Å². The third-order valence-electron chi connectivity index (χ3n) is 2.28. The van der Waals surface area contributed by atoms with Crippen molar-refractivity contribution in [3.8, 4) is 11.8 Å². The van der Waals surface area contributed by atoms with Crippen LogP contribution in [0, 0.1) is 11.8 Å². The average Bonchev–Trinajstić information content (AvgIpc) is 2.22. The topological polar surface area (TPSA) is 38.7 Å². The molecule has 1 N–H and O–H groups in total. The molecule has 0 aliphatic heterocycles. The first-order chi connectivity index (χ1) is 8.28. The number of rotatable bonds is 6. The van der Waals surface area contributed by atoms with Crippen molar-refractivity contribution >= 4 is 0 Å². The van der Waals surface area contributed by atoms with Gasteiger partial charge in [0.25, 0.3) is 0 Å². The zero-order valence-corrected chi connectivity index (χ0v) is 12.6. The standard InChI is InChI=1S/C15H28O3/c1-7-14(17-12(2)10-11-16)9-8-13(3)18-15(4,5)6/h12-14,16H,7,10-11H2,1-6H3. The third kappa shape index (κ3) is 9.47. The van der Waals surface area contributed by atoms with Crippen LogP contribution in [-0.4, -0.2) is 35.6 Å². The van der Waals surface area contributed by atoms with Crippen molar-refractivity contribution in [1.29, 1.82) is 0 Å². The minimum Gasteiger partial charge on any atom is -0.396 e. The highest BCUT2D eigenvalue weighted by Crippen LogP contribution is 2.10. The van der Waals surface area contributed by atoms with Crippen LogP contribution in [0.15, 0.2) is 0 Å². The molecule has 0 radical (unpaired) electrons. The Labute approximate surface area is 112 Å². The van der Waals surface area contributed by atoms with Gasteiger partial charge in [0.15, 0.2) is 0 Å². The normalized spacial score (nSPS) is 16.6. The highest BCUT2D eigenvalue weighted by Gasteiger charge is 2.14. The van der Waals surface area contributed by atoms with Crippen molar-refractivity contribution in [2.75, 3.05) is 6.61 Å². The summed E-state index contributed by atoms with van der Waals surface area (Å²) in [6.45, 7) is 12.1. The van der Waals surface area contributed by atoms with Crippen LogP contribution >= 0.6 is 0 Å². The molecule has 3 unspecified atom stereocenters. The Hall–Kier alpha value is -0.560. The Morgan fingerprint density at radius 3 is 2.22 bits per heavy atom. The number of hydrogen-bond donors (Lipinski definition) is 1. The van der Waals surface area contributed by atoms with Gasteiger partial charge < -0.3 is 14.6 Å². The van der Waals surface area contributed by atoms with Gasteiger partial charge in [-0.05, 0) is 47.5 Å². The van der Waals surface area contributed by atoms with E-state index in [0.29, 0.717) is 6.42 Å². The van der Waals surface area contributed by atoms with Crippen LogP contribution in [0.5, 0.6) is 0 Å². The Morgan fingerprint density at radius 1 is 1.17 bits per heavy atom. The molecule has 0 saturated heterocycles. The molecule has 0 rings (SSSR count). The second-order valence-electron chi connectivity index (χ2n) is 5.52.